The summed E-state index contributed by atoms with van der Waals surface area (Å²) in [5, 5.41) is 16.3. The third kappa shape index (κ3) is 4.85. The zero-order chi connectivity index (χ0) is 22.7. The van der Waals surface area contributed by atoms with Crippen LogP contribution in [0.5, 0.6) is 17.4 Å². The number of nitrogens with one attached hydrogen (secondary N) is 1. The number of hydrogen-bond acceptors (Lipinski definition) is 5. The van der Waals surface area contributed by atoms with E-state index in [1.54, 1.807) is 39.3 Å². The zero-order valence-corrected chi connectivity index (χ0v) is 18.1. The number of carbonyl (C=O) groups is 2. The summed E-state index contributed by atoms with van der Waals surface area (Å²) in [6.45, 7) is 5.49. The van der Waals surface area contributed by atoms with Crippen LogP contribution >= 0.6 is 0 Å². The lowest BCUT2D eigenvalue weighted by atomic mass is 10.1. The number of carbonyl (C=O) groups excluding carboxylic acids is 1. The number of hydrogen-bond donors (Lipinski definition) is 2. The van der Waals surface area contributed by atoms with Gasteiger partial charge in [0.15, 0.2) is 0 Å². The molecule has 0 radical (unpaired) electrons. The second-order valence-electron chi connectivity index (χ2n) is 7.30. The van der Waals surface area contributed by atoms with Gasteiger partial charge in [-0.15, -0.1) is 0 Å². The summed E-state index contributed by atoms with van der Waals surface area (Å²) >= 11 is 0. The van der Waals surface area contributed by atoms with Gasteiger partial charge < -0.3 is 19.9 Å². The molecule has 162 valence electrons. The first-order chi connectivity index (χ1) is 14.7. The molecule has 1 heterocycles. The van der Waals surface area contributed by atoms with Gasteiger partial charge in [0.2, 0.25) is 5.88 Å². The summed E-state index contributed by atoms with van der Waals surface area (Å²) in [6, 6.07) is 11.5. The fourth-order valence-electron chi connectivity index (χ4n) is 3.28. The van der Waals surface area contributed by atoms with E-state index >= 15 is 0 Å². The van der Waals surface area contributed by atoms with Crippen LogP contribution in [0.25, 0.3) is 0 Å². The molecule has 8 nitrogen and oxygen atoms in total. The number of carboxylic acid groups (broad SMARTS) is 1. The predicted octanol–water partition coefficient (Wildman–Crippen LogP) is 4.03. The number of nitrogens with zero attached hydrogens (tertiary/aromatic N) is 2. The Morgan fingerprint density at radius 2 is 1.74 bits per heavy atom. The topological polar surface area (TPSA) is 103 Å². The molecule has 31 heavy (non-hydrogen) atoms. The number of benzene rings is 2. The molecule has 1 aromatic heterocycles. The van der Waals surface area contributed by atoms with Crippen molar-refractivity contribution in [2.45, 2.75) is 26.8 Å². The monoisotopic (exact) mass is 423 g/mol. The Labute approximate surface area is 180 Å². The molecule has 0 fully saturated rings. The van der Waals surface area contributed by atoms with Crippen LogP contribution < -0.4 is 14.8 Å². The maximum atomic E-state index is 13.1. The van der Waals surface area contributed by atoms with Gasteiger partial charge in [0.1, 0.15) is 17.1 Å². The Balaban J connectivity index is 1.84. The van der Waals surface area contributed by atoms with Crippen molar-refractivity contribution in [3.8, 4) is 17.4 Å². The first-order valence-electron chi connectivity index (χ1n) is 9.71. The van der Waals surface area contributed by atoms with Crippen LogP contribution in [0.15, 0.2) is 42.5 Å². The Morgan fingerprint density at radius 1 is 1.10 bits per heavy atom. The molecular formula is C23H25N3O5. The van der Waals surface area contributed by atoms with Crippen LogP contribution in [0.1, 0.15) is 50.5 Å². The fourth-order valence-corrected chi connectivity index (χ4v) is 3.28. The van der Waals surface area contributed by atoms with E-state index in [4.69, 9.17) is 14.6 Å². The van der Waals surface area contributed by atoms with Gasteiger partial charge in [-0.3, -0.25) is 4.79 Å². The number of carboxylic acids is 1. The van der Waals surface area contributed by atoms with Gasteiger partial charge in [0.05, 0.1) is 24.4 Å². The van der Waals surface area contributed by atoms with Crippen molar-refractivity contribution in [1.29, 1.82) is 0 Å². The maximum absolute atomic E-state index is 13.1. The quantitative estimate of drug-likeness (QED) is 0.595. The molecule has 0 aliphatic carbocycles. The summed E-state index contributed by atoms with van der Waals surface area (Å²) in [5.74, 6) is 0.166. The molecule has 0 aliphatic heterocycles. The molecule has 2 aromatic carbocycles. The van der Waals surface area contributed by atoms with Crippen molar-refractivity contribution < 1.29 is 24.2 Å². The van der Waals surface area contributed by atoms with Gasteiger partial charge in [-0.1, -0.05) is 12.1 Å². The van der Waals surface area contributed by atoms with Gasteiger partial charge in [0, 0.05) is 13.1 Å². The van der Waals surface area contributed by atoms with Crippen LogP contribution in [0.3, 0.4) is 0 Å². The lowest BCUT2D eigenvalue weighted by Crippen LogP contribution is -2.27. The smallest absolute Gasteiger partial charge is 0.335 e. The van der Waals surface area contributed by atoms with Crippen LogP contribution in [-0.4, -0.2) is 33.9 Å². The number of aryl methyl sites for hydroxylation is 3. The van der Waals surface area contributed by atoms with Crippen LogP contribution in [0, 0.1) is 13.8 Å². The third-order valence-electron chi connectivity index (χ3n) is 4.88. The molecule has 0 bridgehead atoms. The highest BCUT2D eigenvalue weighted by atomic mass is 16.5. The van der Waals surface area contributed by atoms with Gasteiger partial charge >= 0.3 is 5.97 Å². The number of amides is 1. The third-order valence-corrected chi connectivity index (χ3v) is 4.88. The van der Waals surface area contributed by atoms with Crippen molar-refractivity contribution in [1.82, 2.24) is 15.1 Å². The first kappa shape index (κ1) is 21.9. The minimum atomic E-state index is -0.996. The van der Waals surface area contributed by atoms with Gasteiger partial charge in [-0.25, -0.2) is 9.48 Å². The molecule has 0 unspecified atom stereocenters. The number of rotatable bonds is 7. The SMILES string of the molecule is COc1cc(C)cc(Oc2c(C(=O)N[C@@H](C)c3ccc(C(=O)O)cc3)c(C)nn2C)c1. The van der Waals surface area contributed by atoms with E-state index in [9.17, 15) is 9.59 Å². The van der Waals surface area contributed by atoms with E-state index in [1.807, 2.05) is 26.0 Å². The lowest BCUT2D eigenvalue weighted by molar-refractivity contribution is 0.0696. The fraction of sp³-hybridized carbons (Fsp3) is 0.261. The molecule has 3 aromatic rings. The molecular weight excluding hydrogens is 398 g/mol. The average molecular weight is 423 g/mol. The summed E-state index contributed by atoms with van der Waals surface area (Å²) in [6.07, 6.45) is 0. The Kier molecular flexibility index (Phi) is 6.29. The van der Waals surface area contributed by atoms with E-state index < -0.39 is 5.97 Å². The van der Waals surface area contributed by atoms with Crippen molar-refractivity contribution >= 4 is 11.9 Å². The number of aromatic carboxylic acids is 1. The highest BCUT2D eigenvalue weighted by Gasteiger charge is 2.24. The van der Waals surface area contributed by atoms with E-state index in [2.05, 4.69) is 10.4 Å². The minimum absolute atomic E-state index is 0.189. The van der Waals surface area contributed by atoms with Crippen molar-refractivity contribution in [3.63, 3.8) is 0 Å². The number of ether oxygens (including phenoxy) is 2. The van der Waals surface area contributed by atoms with E-state index in [0.717, 1.165) is 11.1 Å². The number of aromatic nitrogens is 2. The summed E-state index contributed by atoms with van der Waals surface area (Å²) < 4.78 is 12.8. The van der Waals surface area contributed by atoms with Gasteiger partial charge in [-0.05, 0) is 56.2 Å². The molecule has 1 atom stereocenters. The Bertz CT molecular complexity index is 1120. The van der Waals surface area contributed by atoms with Gasteiger partial charge in [-0.2, -0.15) is 5.10 Å². The van der Waals surface area contributed by atoms with Crippen molar-refractivity contribution in [2.24, 2.45) is 7.05 Å². The highest BCUT2D eigenvalue weighted by Crippen LogP contribution is 2.31. The predicted molar refractivity (Wildman–Crippen MR) is 115 cm³/mol. The molecule has 0 aliphatic rings. The Morgan fingerprint density at radius 3 is 2.35 bits per heavy atom. The Hall–Kier alpha value is -3.81. The normalized spacial score (nSPS) is 11.6. The molecule has 8 heteroatoms. The second-order valence-corrected chi connectivity index (χ2v) is 7.30. The molecule has 0 saturated heterocycles. The van der Waals surface area contributed by atoms with E-state index in [-0.39, 0.29) is 17.5 Å². The van der Waals surface area contributed by atoms with Crippen molar-refractivity contribution in [3.05, 3.63) is 70.4 Å². The van der Waals surface area contributed by atoms with E-state index in [1.165, 1.54) is 16.8 Å². The average Bonchev–Trinajstić information content (AvgIpc) is 3.00. The van der Waals surface area contributed by atoms with Crippen molar-refractivity contribution in [2.75, 3.05) is 7.11 Å². The summed E-state index contributed by atoms with van der Waals surface area (Å²) in [7, 11) is 3.29. The minimum Gasteiger partial charge on any atom is -0.497 e. The first-order valence-corrected chi connectivity index (χ1v) is 9.71. The highest BCUT2D eigenvalue weighted by molar-refractivity contribution is 5.98. The molecule has 2 N–H and O–H groups in total. The van der Waals surface area contributed by atoms with Crippen LogP contribution in [0.4, 0.5) is 0 Å². The van der Waals surface area contributed by atoms with Crippen LogP contribution in [0.2, 0.25) is 0 Å². The number of methoxy groups -OCH3 is 1. The molecule has 0 spiro atoms. The lowest BCUT2D eigenvalue weighted by Gasteiger charge is -2.16. The maximum Gasteiger partial charge on any atom is 0.335 e. The van der Waals surface area contributed by atoms with E-state index in [0.29, 0.717) is 28.6 Å². The second kappa shape index (κ2) is 8.91. The summed E-state index contributed by atoms with van der Waals surface area (Å²) in [5.41, 5.74) is 2.79. The standard InChI is InChI=1S/C23H25N3O5/c1-13-10-18(30-5)12-19(11-13)31-22-20(15(3)25-26(22)4)21(27)24-14(2)16-6-8-17(9-7-16)23(28)29/h6-12,14H,1-5H3,(H,24,27)(H,28,29)/t14-/m0/s1. The largest absolute Gasteiger partial charge is 0.497 e. The molecule has 0 saturated carbocycles. The molecule has 3 rings (SSSR count). The van der Waals surface area contributed by atoms with Gasteiger partial charge in [0.25, 0.3) is 5.91 Å². The van der Waals surface area contributed by atoms with Crippen LogP contribution in [-0.2, 0) is 7.05 Å². The zero-order valence-electron chi connectivity index (χ0n) is 18.1. The summed E-state index contributed by atoms with van der Waals surface area (Å²) in [4.78, 5) is 24.1. The molecule has 1 amide bonds.